The van der Waals surface area contributed by atoms with Crippen LogP contribution in [0.15, 0.2) is 30.5 Å². The molecule has 0 spiro atoms. The minimum absolute atomic E-state index is 0.0229. The van der Waals surface area contributed by atoms with Crippen LogP contribution in [0, 0.1) is 17.6 Å². The zero-order valence-corrected chi connectivity index (χ0v) is 12.9. The summed E-state index contributed by atoms with van der Waals surface area (Å²) in [4.78, 5) is 20.1. The molecule has 2 N–H and O–H groups in total. The molecule has 122 valence electrons. The number of anilines is 2. The molecule has 1 amide bonds. The van der Waals surface area contributed by atoms with Crippen molar-refractivity contribution in [2.45, 2.75) is 20.3 Å². The molecule has 2 aromatic rings. The largest absolute Gasteiger partial charge is 0.354 e. The molecule has 5 nitrogen and oxygen atoms in total. The predicted octanol–water partition coefficient (Wildman–Crippen LogP) is 3.47. The van der Waals surface area contributed by atoms with Crippen molar-refractivity contribution in [3.05, 3.63) is 47.8 Å². The van der Waals surface area contributed by atoms with Crippen LogP contribution in [0.1, 0.15) is 30.8 Å². The summed E-state index contributed by atoms with van der Waals surface area (Å²) in [6.07, 6.45) is 2.34. The topological polar surface area (TPSA) is 66.9 Å². The first-order valence-corrected chi connectivity index (χ1v) is 7.29. The van der Waals surface area contributed by atoms with Crippen LogP contribution < -0.4 is 10.6 Å². The van der Waals surface area contributed by atoms with Crippen LogP contribution in [-0.2, 0) is 0 Å². The van der Waals surface area contributed by atoms with Crippen molar-refractivity contribution in [1.82, 2.24) is 9.97 Å². The number of hydrogen-bond acceptors (Lipinski definition) is 4. The van der Waals surface area contributed by atoms with E-state index in [4.69, 9.17) is 0 Å². The number of aromatic nitrogens is 2. The highest BCUT2D eigenvalue weighted by atomic mass is 19.1. The Bertz CT molecular complexity index is 671. The molecule has 23 heavy (non-hydrogen) atoms. The van der Waals surface area contributed by atoms with Gasteiger partial charge in [-0.3, -0.25) is 4.79 Å². The van der Waals surface area contributed by atoms with Gasteiger partial charge in [-0.15, -0.1) is 0 Å². The molecule has 7 heteroatoms. The third-order valence-corrected chi connectivity index (χ3v) is 3.09. The Labute approximate surface area is 133 Å². The molecule has 1 heterocycles. The average Bonchev–Trinajstić information content (AvgIpc) is 2.51. The molecular weight excluding hydrogens is 302 g/mol. The van der Waals surface area contributed by atoms with Crippen molar-refractivity contribution in [3.8, 4) is 0 Å². The van der Waals surface area contributed by atoms with Crippen molar-refractivity contribution in [2.24, 2.45) is 5.92 Å². The van der Waals surface area contributed by atoms with Crippen LogP contribution in [0.5, 0.6) is 0 Å². The zero-order chi connectivity index (χ0) is 16.8. The van der Waals surface area contributed by atoms with Crippen molar-refractivity contribution < 1.29 is 13.6 Å². The summed E-state index contributed by atoms with van der Waals surface area (Å²) in [5.74, 6) is -1.57. The van der Waals surface area contributed by atoms with Crippen LogP contribution in [0.4, 0.5) is 20.4 Å². The first-order chi connectivity index (χ1) is 11.0. The molecule has 0 radical (unpaired) electrons. The number of nitrogens with zero attached hydrogens (tertiary/aromatic N) is 2. The molecule has 0 unspecified atom stereocenters. The highest BCUT2D eigenvalue weighted by Crippen LogP contribution is 2.18. The fraction of sp³-hybridized carbons (Fsp3) is 0.312. The highest BCUT2D eigenvalue weighted by molar-refractivity contribution is 6.03. The zero-order valence-electron chi connectivity index (χ0n) is 12.9. The van der Waals surface area contributed by atoms with Gasteiger partial charge in [0.15, 0.2) is 0 Å². The summed E-state index contributed by atoms with van der Waals surface area (Å²) in [6, 6.07) is 4.73. The summed E-state index contributed by atoms with van der Waals surface area (Å²) in [5, 5.41) is 5.20. The van der Waals surface area contributed by atoms with E-state index in [1.165, 1.54) is 18.3 Å². The standard InChI is InChI=1S/C16H18F2N4O/c1-10(2)6-8-19-16-20-9-7-13(21-16)15(23)22-14-11(17)4-3-5-12(14)18/h3-5,7,9-10H,6,8H2,1-2H3,(H,22,23)(H,19,20,21). The van der Waals surface area contributed by atoms with Gasteiger partial charge < -0.3 is 10.6 Å². The lowest BCUT2D eigenvalue weighted by Gasteiger charge is -2.09. The minimum Gasteiger partial charge on any atom is -0.354 e. The van der Waals surface area contributed by atoms with Crippen molar-refractivity contribution in [3.63, 3.8) is 0 Å². The van der Waals surface area contributed by atoms with Crippen LogP contribution >= 0.6 is 0 Å². The molecule has 2 rings (SSSR count). The van der Waals surface area contributed by atoms with Gasteiger partial charge in [-0.1, -0.05) is 19.9 Å². The van der Waals surface area contributed by atoms with Gasteiger partial charge in [-0.2, -0.15) is 0 Å². The Kier molecular flexibility index (Phi) is 5.56. The normalized spacial score (nSPS) is 10.7. The Hall–Kier alpha value is -2.57. The monoisotopic (exact) mass is 320 g/mol. The lowest BCUT2D eigenvalue weighted by molar-refractivity contribution is 0.102. The first kappa shape index (κ1) is 16.8. The van der Waals surface area contributed by atoms with E-state index in [0.29, 0.717) is 18.4 Å². The average molecular weight is 320 g/mol. The first-order valence-electron chi connectivity index (χ1n) is 7.29. The number of para-hydroxylation sites is 1. The van der Waals surface area contributed by atoms with Gasteiger partial charge in [-0.05, 0) is 30.5 Å². The molecular formula is C16H18F2N4O. The summed E-state index contributed by atoms with van der Waals surface area (Å²) in [7, 11) is 0. The quantitative estimate of drug-likeness (QED) is 0.855. The smallest absolute Gasteiger partial charge is 0.274 e. The van der Waals surface area contributed by atoms with E-state index < -0.39 is 23.2 Å². The number of halogens is 2. The van der Waals surface area contributed by atoms with Gasteiger partial charge in [-0.25, -0.2) is 18.7 Å². The minimum atomic E-state index is -0.845. The Morgan fingerprint density at radius 3 is 2.57 bits per heavy atom. The van der Waals surface area contributed by atoms with E-state index in [0.717, 1.165) is 18.6 Å². The van der Waals surface area contributed by atoms with Crippen LogP contribution in [0.2, 0.25) is 0 Å². The van der Waals surface area contributed by atoms with Crippen molar-refractivity contribution in [1.29, 1.82) is 0 Å². The number of carbonyl (C=O) groups is 1. The number of benzene rings is 1. The molecule has 1 aromatic carbocycles. The molecule has 0 aliphatic carbocycles. The van der Waals surface area contributed by atoms with Crippen LogP contribution in [0.25, 0.3) is 0 Å². The van der Waals surface area contributed by atoms with Crippen molar-refractivity contribution >= 4 is 17.5 Å². The predicted molar refractivity (Wildman–Crippen MR) is 84.3 cm³/mol. The van der Waals surface area contributed by atoms with Gasteiger partial charge in [0.05, 0.1) is 0 Å². The highest BCUT2D eigenvalue weighted by Gasteiger charge is 2.15. The van der Waals surface area contributed by atoms with Gasteiger partial charge in [0.2, 0.25) is 5.95 Å². The number of nitrogens with one attached hydrogen (secondary N) is 2. The van der Waals surface area contributed by atoms with Gasteiger partial charge in [0.25, 0.3) is 5.91 Å². The van der Waals surface area contributed by atoms with Crippen LogP contribution in [-0.4, -0.2) is 22.4 Å². The number of hydrogen-bond donors (Lipinski definition) is 2. The van der Waals surface area contributed by atoms with Crippen LogP contribution in [0.3, 0.4) is 0 Å². The molecule has 0 saturated carbocycles. The van der Waals surface area contributed by atoms with E-state index in [-0.39, 0.29) is 5.69 Å². The fourth-order valence-corrected chi connectivity index (χ4v) is 1.84. The SMILES string of the molecule is CC(C)CCNc1nccc(C(=O)Nc2c(F)cccc2F)n1. The molecule has 0 atom stereocenters. The van der Waals surface area contributed by atoms with E-state index in [9.17, 15) is 13.6 Å². The third kappa shape index (κ3) is 4.70. The summed E-state index contributed by atoms with van der Waals surface area (Å²) >= 11 is 0. The maximum absolute atomic E-state index is 13.5. The Morgan fingerprint density at radius 1 is 1.22 bits per heavy atom. The van der Waals surface area contributed by atoms with Gasteiger partial charge >= 0.3 is 0 Å². The van der Waals surface area contributed by atoms with Gasteiger partial charge in [0.1, 0.15) is 23.0 Å². The summed E-state index contributed by atoms with van der Waals surface area (Å²) in [6.45, 7) is 4.86. The second kappa shape index (κ2) is 7.62. The molecule has 1 aromatic heterocycles. The number of amides is 1. The Morgan fingerprint density at radius 2 is 1.91 bits per heavy atom. The van der Waals surface area contributed by atoms with Gasteiger partial charge in [0, 0.05) is 12.7 Å². The molecule has 0 aliphatic heterocycles. The number of carbonyl (C=O) groups excluding carboxylic acids is 1. The molecule has 0 saturated heterocycles. The second-order valence-electron chi connectivity index (χ2n) is 5.43. The lowest BCUT2D eigenvalue weighted by atomic mass is 10.1. The van der Waals surface area contributed by atoms with E-state index >= 15 is 0 Å². The molecule has 0 aliphatic rings. The summed E-state index contributed by atoms with van der Waals surface area (Å²) < 4.78 is 27.1. The maximum Gasteiger partial charge on any atom is 0.274 e. The summed E-state index contributed by atoms with van der Waals surface area (Å²) in [5.41, 5.74) is -0.472. The molecule has 0 fully saturated rings. The van der Waals surface area contributed by atoms with E-state index in [1.54, 1.807) is 0 Å². The van der Waals surface area contributed by atoms with Crippen molar-refractivity contribution in [2.75, 3.05) is 17.2 Å². The van der Waals surface area contributed by atoms with E-state index in [1.807, 2.05) is 0 Å². The molecule has 0 bridgehead atoms. The lowest BCUT2D eigenvalue weighted by Crippen LogP contribution is -2.17. The fourth-order valence-electron chi connectivity index (χ4n) is 1.84. The second-order valence-corrected chi connectivity index (χ2v) is 5.43. The van der Waals surface area contributed by atoms with E-state index in [2.05, 4.69) is 34.4 Å². The third-order valence-electron chi connectivity index (χ3n) is 3.09. The Balaban J connectivity index is 2.08. The maximum atomic E-state index is 13.5. The number of rotatable bonds is 6.